The molecule has 0 bridgehead atoms. The number of alkyl halides is 2. The largest absolute Gasteiger partial charge is 0.435 e. The third kappa shape index (κ3) is 4.82. The van der Waals surface area contributed by atoms with Crippen LogP contribution < -0.4 is 4.74 Å². The molecule has 0 aliphatic heterocycles. The maximum Gasteiger partial charge on any atom is 0.387 e. The summed E-state index contributed by atoms with van der Waals surface area (Å²) < 4.78 is 30.5. The van der Waals surface area contributed by atoms with Crippen LogP contribution in [0.15, 0.2) is 59.8 Å². The smallest absolute Gasteiger partial charge is 0.387 e. The van der Waals surface area contributed by atoms with Gasteiger partial charge in [-0.15, -0.1) is 5.10 Å². The van der Waals surface area contributed by atoms with Gasteiger partial charge in [-0.1, -0.05) is 42.1 Å². The van der Waals surface area contributed by atoms with E-state index in [0.29, 0.717) is 17.3 Å². The van der Waals surface area contributed by atoms with E-state index in [1.54, 1.807) is 16.8 Å². The Bertz CT molecular complexity index is 1100. The van der Waals surface area contributed by atoms with Crippen LogP contribution in [0.4, 0.5) is 8.78 Å². The summed E-state index contributed by atoms with van der Waals surface area (Å²) in [7, 11) is 0. The van der Waals surface area contributed by atoms with E-state index in [2.05, 4.69) is 42.4 Å². The van der Waals surface area contributed by atoms with E-state index in [1.165, 1.54) is 29.5 Å². The van der Waals surface area contributed by atoms with Crippen molar-refractivity contribution < 1.29 is 13.5 Å². The van der Waals surface area contributed by atoms with Crippen molar-refractivity contribution in [3.05, 3.63) is 77.4 Å². The Labute approximate surface area is 175 Å². The van der Waals surface area contributed by atoms with Gasteiger partial charge in [-0.2, -0.15) is 13.5 Å². The number of imidazole rings is 1. The Kier molecular flexibility index (Phi) is 6.03. The standard InChI is InChI=1S/C20H18F2N6OS/c1-13-17(11-14-5-3-2-4-6-14)24-20(23-13)30-12-18-25-26-27-28(18)15-7-9-16(10-8-15)29-19(21)22/h2-10,19H,11-12H2,1H3,(H,23,24). The number of rotatable bonds is 8. The van der Waals surface area contributed by atoms with Crippen LogP contribution in [-0.2, 0) is 12.2 Å². The number of nitrogens with one attached hydrogen (secondary N) is 1. The van der Waals surface area contributed by atoms with E-state index in [4.69, 9.17) is 0 Å². The van der Waals surface area contributed by atoms with Crippen LogP contribution >= 0.6 is 11.8 Å². The molecule has 0 fully saturated rings. The predicted molar refractivity (Wildman–Crippen MR) is 108 cm³/mol. The van der Waals surface area contributed by atoms with E-state index in [1.807, 2.05) is 25.1 Å². The molecule has 0 spiro atoms. The minimum absolute atomic E-state index is 0.0785. The predicted octanol–water partition coefficient (Wildman–Crippen LogP) is 4.18. The molecule has 1 N–H and O–H groups in total. The van der Waals surface area contributed by atoms with E-state index in [9.17, 15) is 8.78 Å². The molecule has 0 saturated carbocycles. The van der Waals surface area contributed by atoms with Crippen molar-refractivity contribution in [3.8, 4) is 11.4 Å². The molecule has 7 nitrogen and oxygen atoms in total. The van der Waals surface area contributed by atoms with E-state index < -0.39 is 6.61 Å². The highest BCUT2D eigenvalue weighted by molar-refractivity contribution is 7.98. The zero-order valence-electron chi connectivity index (χ0n) is 16.0. The molecule has 30 heavy (non-hydrogen) atoms. The summed E-state index contributed by atoms with van der Waals surface area (Å²) in [6, 6.07) is 16.3. The average Bonchev–Trinajstić information content (AvgIpc) is 3.34. The second kappa shape index (κ2) is 9.04. The van der Waals surface area contributed by atoms with Gasteiger partial charge in [0.15, 0.2) is 11.0 Å². The SMILES string of the molecule is Cc1[nH]c(SCc2nnnn2-c2ccc(OC(F)F)cc2)nc1Cc1ccccc1. The number of aryl methyl sites for hydroxylation is 1. The molecule has 154 valence electrons. The van der Waals surface area contributed by atoms with Crippen LogP contribution in [0.3, 0.4) is 0 Å². The summed E-state index contributed by atoms with van der Waals surface area (Å²) in [5.74, 6) is 1.18. The fourth-order valence-corrected chi connectivity index (χ4v) is 3.74. The van der Waals surface area contributed by atoms with E-state index >= 15 is 0 Å². The molecular formula is C20H18F2N6OS. The lowest BCUT2D eigenvalue weighted by Crippen LogP contribution is -2.04. The zero-order chi connectivity index (χ0) is 20.9. The van der Waals surface area contributed by atoms with Gasteiger partial charge in [-0.3, -0.25) is 0 Å². The molecule has 2 aromatic heterocycles. The first-order chi connectivity index (χ1) is 14.6. The first-order valence-electron chi connectivity index (χ1n) is 9.13. The zero-order valence-corrected chi connectivity index (χ0v) is 16.8. The normalized spacial score (nSPS) is 11.2. The molecule has 0 saturated heterocycles. The van der Waals surface area contributed by atoms with Gasteiger partial charge in [0.25, 0.3) is 0 Å². The van der Waals surface area contributed by atoms with Gasteiger partial charge in [0.05, 0.1) is 17.1 Å². The first-order valence-corrected chi connectivity index (χ1v) is 10.1. The van der Waals surface area contributed by atoms with Crippen LogP contribution in [-0.4, -0.2) is 36.8 Å². The highest BCUT2D eigenvalue weighted by Gasteiger charge is 2.13. The van der Waals surface area contributed by atoms with Gasteiger partial charge in [0, 0.05) is 12.1 Å². The number of hydrogen-bond acceptors (Lipinski definition) is 6. The van der Waals surface area contributed by atoms with Gasteiger partial charge in [0.1, 0.15) is 5.75 Å². The maximum atomic E-state index is 12.3. The van der Waals surface area contributed by atoms with Crippen molar-refractivity contribution in [1.82, 2.24) is 30.2 Å². The van der Waals surface area contributed by atoms with Gasteiger partial charge in [-0.05, 0) is 47.2 Å². The summed E-state index contributed by atoms with van der Waals surface area (Å²) in [4.78, 5) is 7.99. The molecule has 0 amide bonds. The van der Waals surface area contributed by atoms with Gasteiger partial charge in [0.2, 0.25) is 0 Å². The van der Waals surface area contributed by atoms with Crippen LogP contribution in [0, 0.1) is 6.92 Å². The molecule has 2 aromatic carbocycles. The molecule has 0 aliphatic carbocycles. The number of hydrogen-bond donors (Lipinski definition) is 1. The lowest BCUT2D eigenvalue weighted by Gasteiger charge is -2.06. The summed E-state index contributed by atoms with van der Waals surface area (Å²) in [5, 5.41) is 12.6. The monoisotopic (exact) mass is 428 g/mol. The highest BCUT2D eigenvalue weighted by Crippen LogP contribution is 2.23. The summed E-state index contributed by atoms with van der Waals surface area (Å²) in [6.07, 6.45) is 0.758. The van der Waals surface area contributed by atoms with Crippen LogP contribution in [0.1, 0.15) is 22.8 Å². The Morgan fingerprint density at radius 1 is 1.10 bits per heavy atom. The molecule has 0 aliphatic rings. The highest BCUT2D eigenvalue weighted by atomic mass is 32.2. The third-order valence-electron chi connectivity index (χ3n) is 4.36. The van der Waals surface area contributed by atoms with Crippen molar-refractivity contribution >= 4 is 11.8 Å². The van der Waals surface area contributed by atoms with E-state index in [0.717, 1.165) is 23.0 Å². The van der Waals surface area contributed by atoms with E-state index in [-0.39, 0.29) is 5.75 Å². The topological polar surface area (TPSA) is 81.5 Å². The molecule has 4 aromatic rings. The van der Waals surface area contributed by atoms with Crippen molar-refractivity contribution in [2.24, 2.45) is 0 Å². The number of ether oxygens (including phenoxy) is 1. The number of benzene rings is 2. The van der Waals surface area contributed by atoms with Crippen LogP contribution in [0.5, 0.6) is 5.75 Å². The van der Waals surface area contributed by atoms with Gasteiger partial charge in [-0.25, -0.2) is 4.98 Å². The third-order valence-corrected chi connectivity index (χ3v) is 5.23. The Hall–Kier alpha value is -3.27. The van der Waals surface area contributed by atoms with Gasteiger partial charge >= 0.3 is 6.61 Å². The molecular weight excluding hydrogens is 410 g/mol. The summed E-state index contributed by atoms with van der Waals surface area (Å²) >= 11 is 1.49. The fraction of sp³-hybridized carbons (Fsp3) is 0.200. The number of H-pyrrole nitrogens is 1. The fourth-order valence-electron chi connectivity index (χ4n) is 2.89. The minimum Gasteiger partial charge on any atom is -0.435 e. The molecule has 0 atom stereocenters. The molecule has 4 rings (SSSR count). The number of thioether (sulfide) groups is 1. The maximum absolute atomic E-state index is 12.3. The van der Waals surface area contributed by atoms with Crippen molar-refractivity contribution in [2.75, 3.05) is 0 Å². The number of halogens is 2. The molecule has 10 heteroatoms. The van der Waals surface area contributed by atoms with Crippen molar-refractivity contribution in [1.29, 1.82) is 0 Å². The lowest BCUT2D eigenvalue weighted by molar-refractivity contribution is -0.0498. The van der Waals surface area contributed by atoms with Crippen molar-refractivity contribution in [3.63, 3.8) is 0 Å². The number of tetrazole rings is 1. The minimum atomic E-state index is -2.86. The first kappa shape index (κ1) is 20.0. The lowest BCUT2D eigenvalue weighted by atomic mass is 10.1. The van der Waals surface area contributed by atoms with Crippen molar-refractivity contribution in [2.45, 2.75) is 30.9 Å². The van der Waals surface area contributed by atoms with Gasteiger partial charge < -0.3 is 9.72 Å². The molecule has 2 heterocycles. The Morgan fingerprint density at radius 2 is 1.87 bits per heavy atom. The second-order valence-corrected chi connectivity index (χ2v) is 7.41. The average molecular weight is 428 g/mol. The number of aromatic amines is 1. The van der Waals surface area contributed by atoms with Crippen LogP contribution in [0.25, 0.3) is 5.69 Å². The summed E-state index contributed by atoms with van der Waals surface area (Å²) in [6.45, 7) is -0.859. The number of nitrogens with zero attached hydrogens (tertiary/aromatic N) is 5. The quantitative estimate of drug-likeness (QED) is 0.424. The van der Waals surface area contributed by atoms with Crippen LogP contribution in [0.2, 0.25) is 0 Å². The Balaban J connectivity index is 1.43. The molecule has 0 radical (unpaired) electrons. The molecule has 0 unspecified atom stereocenters. The Morgan fingerprint density at radius 3 is 2.60 bits per heavy atom. The number of aromatic nitrogens is 6. The second-order valence-electron chi connectivity index (χ2n) is 6.44. The summed E-state index contributed by atoms with van der Waals surface area (Å²) in [5.41, 5.74) is 3.87.